The van der Waals surface area contributed by atoms with Crippen LogP contribution in [0.3, 0.4) is 0 Å². The first kappa shape index (κ1) is 23.8. The van der Waals surface area contributed by atoms with Crippen molar-refractivity contribution in [2.24, 2.45) is 11.1 Å². The lowest BCUT2D eigenvalue weighted by molar-refractivity contribution is -0.858. The number of ether oxygens (including phenoxy) is 3. The minimum atomic E-state index is -0.196. The molecular weight excluding hydrogens is 404 g/mol. The fourth-order valence-corrected chi connectivity index (χ4v) is 3.53. The van der Waals surface area contributed by atoms with Crippen molar-refractivity contribution in [1.29, 1.82) is 0 Å². The Labute approximate surface area is 185 Å². The molecule has 0 saturated heterocycles. The summed E-state index contributed by atoms with van der Waals surface area (Å²) in [6.45, 7) is 3.77. The molecule has 3 rings (SSSR count). The Bertz CT molecular complexity index is 857. The van der Waals surface area contributed by atoms with E-state index in [9.17, 15) is 0 Å². The standard InChI is InChI=1S/C23H30N2O4.ClH/c1-16-22(24-28-14-8-13-25(2)3)18-9-6-7-10-19(18)29-23(16)17-11-12-20(26-4)21(15-17)27-5;/h6-7,9-12,15-16,23H,8,13-14H2,1-5H3;1H/b24-22+;. The van der Waals surface area contributed by atoms with Gasteiger partial charge in [-0.15, -0.1) is 0 Å². The van der Waals surface area contributed by atoms with Crippen molar-refractivity contribution in [1.82, 2.24) is 0 Å². The summed E-state index contributed by atoms with van der Waals surface area (Å²) in [5.41, 5.74) is 2.90. The fraction of sp³-hybridized carbons (Fsp3) is 0.435. The first-order valence-corrected chi connectivity index (χ1v) is 10.0. The Balaban J connectivity index is 0.00000320. The second kappa shape index (κ2) is 11.1. The Kier molecular flexibility index (Phi) is 8.81. The van der Waals surface area contributed by atoms with Crippen LogP contribution < -0.4 is 31.5 Å². The zero-order valence-electron chi connectivity index (χ0n) is 18.3. The zero-order chi connectivity index (χ0) is 20.8. The maximum atomic E-state index is 6.36. The van der Waals surface area contributed by atoms with Crippen molar-refractivity contribution in [3.63, 3.8) is 0 Å². The molecule has 1 N–H and O–H groups in total. The monoisotopic (exact) mass is 434 g/mol. The zero-order valence-corrected chi connectivity index (χ0v) is 19.0. The third kappa shape index (κ3) is 5.37. The van der Waals surface area contributed by atoms with Crippen LogP contribution in [0.15, 0.2) is 47.6 Å². The normalized spacial score (nSPS) is 18.9. The number of benzene rings is 2. The van der Waals surface area contributed by atoms with Gasteiger partial charge < -0.3 is 36.4 Å². The third-order valence-corrected chi connectivity index (χ3v) is 5.11. The van der Waals surface area contributed by atoms with Crippen LogP contribution in [0, 0.1) is 5.92 Å². The van der Waals surface area contributed by atoms with Crippen LogP contribution in [-0.4, -0.2) is 47.2 Å². The van der Waals surface area contributed by atoms with Crippen LogP contribution >= 0.6 is 0 Å². The Morgan fingerprint density at radius 1 is 1.03 bits per heavy atom. The minimum absolute atomic E-state index is 0. The molecule has 0 saturated carbocycles. The molecular formula is C23H31ClN2O4. The predicted molar refractivity (Wildman–Crippen MR) is 113 cm³/mol. The number of fused-ring (bicyclic) bond motifs is 1. The molecule has 7 heteroatoms. The number of oxime groups is 1. The minimum Gasteiger partial charge on any atom is -1.00 e. The molecule has 0 spiro atoms. The van der Waals surface area contributed by atoms with Crippen LogP contribution in [0.25, 0.3) is 0 Å². The summed E-state index contributed by atoms with van der Waals surface area (Å²) >= 11 is 0. The van der Waals surface area contributed by atoms with E-state index in [1.165, 1.54) is 4.90 Å². The first-order chi connectivity index (χ1) is 14.0. The number of nitrogens with zero attached hydrogens (tertiary/aromatic N) is 1. The van der Waals surface area contributed by atoms with Crippen molar-refractivity contribution < 1.29 is 36.4 Å². The predicted octanol–water partition coefficient (Wildman–Crippen LogP) is -0.267. The van der Waals surface area contributed by atoms with Gasteiger partial charge in [-0.25, -0.2) is 0 Å². The molecule has 0 aromatic heterocycles. The van der Waals surface area contributed by atoms with E-state index in [0.717, 1.165) is 35.6 Å². The van der Waals surface area contributed by atoms with E-state index >= 15 is 0 Å². The van der Waals surface area contributed by atoms with Gasteiger partial charge in [0.2, 0.25) is 0 Å². The molecule has 2 aromatic carbocycles. The number of quaternary nitrogens is 1. The summed E-state index contributed by atoms with van der Waals surface area (Å²) in [6, 6.07) is 13.8. The lowest BCUT2D eigenvalue weighted by Crippen LogP contribution is -3.05. The SMILES string of the molecule is COc1ccc(C2Oc3ccccc3/C(=N/OCCC[NH+](C)C)C2C)cc1OC.[Cl-]. The lowest BCUT2D eigenvalue weighted by Gasteiger charge is -2.33. The number of methoxy groups -OCH3 is 2. The van der Waals surface area contributed by atoms with Gasteiger partial charge in [0.15, 0.2) is 11.5 Å². The Hall–Kier alpha value is -2.44. The van der Waals surface area contributed by atoms with Crippen LogP contribution in [0.1, 0.15) is 30.6 Å². The van der Waals surface area contributed by atoms with E-state index in [4.69, 9.17) is 19.0 Å². The van der Waals surface area contributed by atoms with Crippen LogP contribution in [-0.2, 0) is 4.84 Å². The second-order valence-corrected chi connectivity index (χ2v) is 7.56. The molecule has 0 amide bonds. The topological polar surface area (TPSA) is 53.7 Å². The highest BCUT2D eigenvalue weighted by Gasteiger charge is 2.34. The number of halogens is 1. The average Bonchev–Trinajstić information content (AvgIpc) is 2.73. The van der Waals surface area contributed by atoms with E-state index in [2.05, 4.69) is 26.2 Å². The van der Waals surface area contributed by atoms with Gasteiger partial charge in [0.1, 0.15) is 18.5 Å². The molecule has 1 aliphatic heterocycles. The van der Waals surface area contributed by atoms with E-state index < -0.39 is 0 Å². The number of hydrogen-bond donors (Lipinski definition) is 1. The van der Waals surface area contributed by atoms with Gasteiger partial charge >= 0.3 is 0 Å². The fourth-order valence-electron chi connectivity index (χ4n) is 3.53. The summed E-state index contributed by atoms with van der Waals surface area (Å²) in [7, 11) is 7.54. The first-order valence-electron chi connectivity index (χ1n) is 10.0. The van der Waals surface area contributed by atoms with Gasteiger partial charge in [0.05, 0.1) is 40.6 Å². The summed E-state index contributed by atoms with van der Waals surface area (Å²) in [5.74, 6) is 2.20. The average molecular weight is 435 g/mol. The van der Waals surface area contributed by atoms with Gasteiger partial charge in [-0.1, -0.05) is 30.3 Å². The highest BCUT2D eigenvalue weighted by Crippen LogP contribution is 2.41. The van der Waals surface area contributed by atoms with Gasteiger partial charge in [-0.2, -0.15) is 0 Å². The van der Waals surface area contributed by atoms with Gasteiger partial charge in [0, 0.05) is 17.9 Å². The Morgan fingerprint density at radius 2 is 1.77 bits per heavy atom. The lowest BCUT2D eigenvalue weighted by atomic mass is 9.86. The van der Waals surface area contributed by atoms with Crippen molar-refractivity contribution in [2.45, 2.75) is 19.4 Å². The van der Waals surface area contributed by atoms with Crippen molar-refractivity contribution in [3.8, 4) is 17.2 Å². The number of nitrogens with one attached hydrogen (secondary N) is 1. The molecule has 1 heterocycles. The summed E-state index contributed by atoms with van der Waals surface area (Å²) in [4.78, 5) is 7.09. The molecule has 1 aliphatic rings. The Morgan fingerprint density at radius 3 is 2.47 bits per heavy atom. The number of para-hydroxylation sites is 1. The molecule has 2 atom stereocenters. The van der Waals surface area contributed by atoms with E-state index in [0.29, 0.717) is 18.1 Å². The van der Waals surface area contributed by atoms with E-state index in [1.807, 2.05) is 42.5 Å². The molecule has 2 unspecified atom stereocenters. The largest absolute Gasteiger partial charge is 1.00 e. The third-order valence-electron chi connectivity index (χ3n) is 5.11. The number of hydrogen-bond acceptors (Lipinski definition) is 5. The smallest absolute Gasteiger partial charge is 0.161 e. The van der Waals surface area contributed by atoms with Crippen molar-refractivity contribution >= 4 is 5.71 Å². The van der Waals surface area contributed by atoms with Crippen LogP contribution in [0.5, 0.6) is 17.2 Å². The van der Waals surface area contributed by atoms with Crippen LogP contribution in [0.4, 0.5) is 0 Å². The maximum absolute atomic E-state index is 6.36. The molecule has 0 bridgehead atoms. The maximum Gasteiger partial charge on any atom is 0.161 e. The molecule has 164 valence electrons. The van der Waals surface area contributed by atoms with Crippen LogP contribution in [0.2, 0.25) is 0 Å². The number of rotatable bonds is 8. The summed E-state index contributed by atoms with van der Waals surface area (Å²) in [6.07, 6.45) is 0.767. The highest BCUT2D eigenvalue weighted by molar-refractivity contribution is 6.05. The van der Waals surface area contributed by atoms with E-state index in [1.54, 1.807) is 14.2 Å². The van der Waals surface area contributed by atoms with Gasteiger partial charge in [-0.3, -0.25) is 0 Å². The highest BCUT2D eigenvalue weighted by atomic mass is 35.5. The van der Waals surface area contributed by atoms with Gasteiger partial charge in [-0.05, 0) is 29.8 Å². The summed E-state index contributed by atoms with van der Waals surface area (Å²) in [5, 5.41) is 4.53. The van der Waals surface area contributed by atoms with Gasteiger partial charge in [0.25, 0.3) is 0 Å². The molecule has 6 nitrogen and oxygen atoms in total. The molecule has 0 aliphatic carbocycles. The molecule has 0 radical (unpaired) electrons. The summed E-state index contributed by atoms with van der Waals surface area (Å²) < 4.78 is 17.2. The quantitative estimate of drug-likeness (QED) is 0.459. The van der Waals surface area contributed by atoms with Crippen molar-refractivity contribution in [3.05, 3.63) is 53.6 Å². The molecule has 2 aromatic rings. The molecule has 30 heavy (non-hydrogen) atoms. The molecule has 0 fully saturated rings. The van der Waals surface area contributed by atoms with Crippen molar-refractivity contribution in [2.75, 3.05) is 41.5 Å². The second-order valence-electron chi connectivity index (χ2n) is 7.56. The van der Waals surface area contributed by atoms with E-state index in [-0.39, 0.29) is 24.4 Å².